The lowest BCUT2D eigenvalue weighted by Gasteiger charge is -2.08. The van der Waals surface area contributed by atoms with Crippen molar-refractivity contribution >= 4 is 0 Å². The Morgan fingerprint density at radius 1 is 1.32 bits per heavy atom. The van der Waals surface area contributed by atoms with Crippen LogP contribution in [0.1, 0.15) is 11.1 Å². The van der Waals surface area contributed by atoms with Gasteiger partial charge in [-0.3, -0.25) is 0 Å². The van der Waals surface area contributed by atoms with Crippen LogP contribution in [-0.2, 0) is 13.1 Å². The molecule has 2 aromatic rings. The van der Waals surface area contributed by atoms with Crippen molar-refractivity contribution in [2.45, 2.75) is 13.1 Å². The molecule has 4 nitrogen and oxygen atoms in total. The normalized spacial score (nSPS) is 10.4. The lowest BCUT2D eigenvalue weighted by Crippen LogP contribution is -2.20. The van der Waals surface area contributed by atoms with Crippen LogP contribution in [0.4, 0.5) is 8.78 Å². The highest BCUT2D eigenvalue weighted by Gasteiger charge is 2.10. The number of benzene rings is 1. The van der Waals surface area contributed by atoms with Gasteiger partial charge in [-0.05, 0) is 12.1 Å². The first-order valence-corrected chi connectivity index (χ1v) is 5.75. The van der Waals surface area contributed by atoms with E-state index >= 15 is 0 Å². The topological polar surface area (TPSA) is 53.6 Å². The first-order valence-electron chi connectivity index (χ1n) is 5.75. The van der Waals surface area contributed by atoms with Crippen LogP contribution in [-0.4, -0.2) is 16.1 Å². The fourth-order valence-electron chi connectivity index (χ4n) is 1.68. The Bertz CT molecular complexity index is 564. The summed E-state index contributed by atoms with van der Waals surface area (Å²) in [7, 11) is 0. The van der Waals surface area contributed by atoms with E-state index in [2.05, 4.69) is 10.3 Å². The number of imidazole rings is 1. The van der Waals surface area contributed by atoms with Gasteiger partial charge in [-0.1, -0.05) is 0 Å². The van der Waals surface area contributed by atoms with Crippen LogP contribution >= 0.6 is 0 Å². The summed E-state index contributed by atoms with van der Waals surface area (Å²) in [4.78, 5) is 3.89. The molecule has 0 aliphatic carbocycles. The zero-order valence-electron chi connectivity index (χ0n) is 10.1. The summed E-state index contributed by atoms with van der Waals surface area (Å²) in [6, 6.07) is 3.79. The largest absolute Gasteiger partial charge is 0.336 e. The van der Waals surface area contributed by atoms with Crippen LogP contribution in [0, 0.1) is 23.0 Å². The Balaban J connectivity index is 1.91. The molecule has 98 valence electrons. The Labute approximate surface area is 109 Å². The van der Waals surface area contributed by atoms with Crippen LogP contribution in [0.15, 0.2) is 30.9 Å². The molecule has 2 rings (SSSR count). The van der Waals surface area contributed by atoms with E-state index in [0.29, 0.717) is 13.1 Å². The zero-order chi connectivity index (χ0) is 13.7. The van der Waals surface area contributed by atoms with E-state index < -0.39 is 11.6 Å². The second-order valence-corrected chi connectivity index (χ2v) is 4.01. The van der Waals surface area contributed by atoms with E-state index in [-0.39, 0.29) is 17.7 Å². The SMILES string of the molecule is N#Cc1cc(F)c(CNCCn2ccnc2)c(F)c1. The van der Waals surface area contributed by atoms with Gasteiger partial charge >= 0.3 is 0 Å². The molecule has 19 heavy (non-hydrogen) atoms. The Morgan fingerprint density at radius 3 is 2.63 bits per heavy atom. The highest BCUT2D eigenvalue weighted by atomic mass is 19.1. The van der Waals surface area contributed by atoms with Gasteiger partial charge in [-0.25, -0.2) is 13.8 Å². The molecule has 0 fully saturated rings. The van der Waals surface area contributed by atoms with Gasteiger partial charge in [0.2, 0.25) is 0 Å². The van der Waals surface area contributed by atoms with E-state index in [1.54, 1.807) is 18.6 Å². The van der Waals surface area contributed by atoms with Crippen molar-refractivity contribution in [1.82, 2.24) is 14.9 Å². The molecular formula is C13H12F2N4. The van der Waals surface area contributed by atoms with Crippen molar-refractivity contribution < 1.29 is 8.78 Å². The summed E-state index contributed by atoms with van der Waals surface area (Å²) in [6.45, 7) is 1.31. The van der Waals surface area contributed by atoms with Crippen LogP contribution in [0.2, 0.25) is 0 Å². The maximum absolute atomic E-state index is 13.6. The highest BCUT2D eigenvalue weighted by molar-refractivity contribution is 5.34. The molecule has 0 aliphatic heterocycles. The quantitative estimate of drug-likeness (QED) is 0.836. The van der Waals surface area contributed by atoms with Gasteiger partial charge in [0.25, 0.3) is 0 Å². The number of nitrogens with one attached hydrogen (secondary N) is 1. The van der Waals surface area contributed by atoms with Crippen molar-refractivity contribution in [3.05, 3.63) is 53.6 Å². The molecule has 1 heterocycles. The molecule has 0 unspecified atom stereocenters. The molecule has 0 saturated heterocycles. The molecule has 0 saturated carbocycles. The fourth-order valence-corrected chi connectivity index (χ4v) is 1.68. The number of hydrogen-bond acceptors (Lipinski definition) is 3. The molecule has 0 bridgehead atoms. The van der Waals surface area contributed by atoms with Gasteiger partial charge in [0.1, 0.15) is 11.6 Å². The minimum atomic E-state index is -0.702. The molecule has 0 atom stereocenters. The molecule has 0 aliphatic rings. The van der Waals surface area contributed by atoms with Gasteiger partial charge in [-0.15, -0.1) is 0 Å². The molecule has 0 spiro atoms. The average Bonchev–Trinajstić information content (AvgIpc) is 2.89. The zero-order valence-corrected chi connectivity index (χ0v) is 10.1. The van der Waals surface area contributed by atoms with Gasteiger partial charge in [0.05, 0.1) is 18.0 Å². The van der Waals surface area contributed by atoms with E-state index in [1.165, 1.54) is 0 Å². The van der Waals surface area contributed by atoms with Gasteiger partial charge in [0.15, 0.2) is 0 Å². The summed E-state index contributed by atoms with van der Waals surface area (Å²) >= 11 is 0. The number of nitriles is 1. The number of nitrogens with zero attached hydrogens (tertiary/aromatic N) is 3. The summed E-state index contributed by atoms with van der Waals surface area (Å²) in [5, 5.41) is 11.5. The maximum atomic E-state index is 13.6. The summed E-state index contributed by atoms with van der Waals surface area (Å²) in [6.07, 6.45) is 5.15. The van der Waals surface area contributed by atoms with Crippen molar-refractivity contribution in [1.29, 1.82) is 5.26 Å². The Hall–Kier alpha value is -2.26. The predicted octanol–water partition coefficient (Wildman–Crippen LogP) is 1.82. The maximum Gasteiger partial charge on any atom is 0.131 e. The number of rotatable bonds is 5. The Morgan fingerprint density at radius 2 is 2.05 bits per heavy atom. The van der Waals surface area contributed by atoms with Crippen molar-refractivity contribution in [2.24, 2.45) is 0 Å². The average molecular weight is 262 g/mol. The molecule has 1 aromatic heterocycles. The number of hydrogen-bond donors (Lipinski definition) is 1. The predicted molar refractivity (Wildman–Crippen MR) is 65.0 cm³/mol. The molecule has 1 N–H and O–H groups in total. The third kappa shape index (κ3) is 3.36. The lowest BCUT2D eigenvalue weighted by molar-refractivity contribution is 0.524. The number of halogens is 2. The van der Waals surface area contributed by atoms with E-state index in [0.717, 1.165) is 12.1 Å². The van der Waals surface area contributed by atoms with E-state index in [9.17, 15) is 8.78 Å². The first kappa shape index (κ1) is 13.2. The first-order chi connectivity index (χ1) is 9.20. The van der Waals surface area contributed by atoms with Gasteiger partial charge in [0, 0.05) is 37.6 Å². The molecule has 6 heteroatoms. The van der Waals surface area contributed by atoms with Crippen LogP contribution < -0.4 is 5.32 Å². The van der Waals surface area contributed by atoms with E-state index in [1.807, 2.05) is 10.8 Å². The second-order valence-electron chi connectivity index (χ2n) is 4.01. The summed E-state index contributed by atoms with van der Waals surface area (Å²) in [5.41, 5.74) is -0.0678. The van der Waals surface area contributed by atoms with Gasteiger partial charge < -0.3 is 9.88 Å². The third-order valence-electron chi connectivity index (χ3n) is 2.68. The second kappa shape index (κ2) is 6.07. The van der Waals surface area contributed by atoms with E-state index in [4.69, 9.17) is 5.26 Å². The Kier molecular flexibility index (Phi) is 4.21. The van der Waals surface area contributed by atoms with Crippen LogP contribution in [0.3, 0.4) is 0 Å². The molecule has 0 amide bonds. The smallest absolute Gasteiger partial charge is 0.131 e. The number of aromatic nitrogens is 2. The third-order valence-corrected chi connectivity index (χ3v) is 2.68. The lowest BCUT2D eigenvalue weighted by atomic mass is 10.1. The minimum Gasteiger partial charge on any atom is -0.336 e. The van der Waals surface area contributed by atoms with Crippen molar-refractivity contribution in [3.8, 4) is 6.07 Å². The van der Waals surface area contributed by atoms with Gasteiger partial charge in [-0.2, -0.15) is 5.26 Å². The monoisotopic (exact) mass is 262 g/mol. The van der Waals surface area contributed by atoms with Crippen LogP contribution in [0.25, 0.3) is 0 Å². The summed E-state index contributed by atoms with van der Waals surface area (Å²) in [5.74, 6) is -1.40. The molecule has 0 radical (unpaired) electrons. The van der Waals surface area contributed by atoms with Crippen LogP contribution in [0.5, 0.6) is 0 Å². The van der Waals surface area contributed by atoms with Crippen molar-refractivity contribution in [3.63, 3.8) is 0 Å². The standard InChI is InChI=1S/C13H12F2N4/c14-12-5-10(7-16)6-13(15)11(12)8-17-1-3-19-4-2-18-9-19/h2,4-6,9,17H,1,3,8H2. The molecule has 1 aromatic carbocycles. The molecular weight excluding hydrogens is 250 g/mol. The summed E-state index contributed by atoms with van der Waals surface area (Å²) < 4.78 is 29.0. The fraction of sp³-hybridized carbons (Fsp3) is 0.231. The highest BCUT2D eigenvalue weighted by Crippen LogP contribution is 2.14. The van der Waals surface area contributed by atoms with Crippen molar-refractivity contribution in [2.75, 3.05) is 6.54 Å². The minimum absolute atomic E-state index is 0.0165.